The van der Waals surface area contributed by atoms with Crippen LogP contribution in [-0.2, 0) is 28.6 Å². The van der Waals surface area contributed by atoms with Crippen LogP contribution in [0.3, 0.4) is 0 Å². The summed E-state index contributed by atoms with van der Waals surface area (Å²) in [7, 11) is 0. The zero-order valence-electron chi connectivity index (χ0n) is 44.0. The van der Waals surface area contributed by atoms with Gasteiger partial charge in [0.15, 0.2) is 6.10 Å². The summed E-state index contributed by atoms with van der Waals surface area (Å²) >= 11 is 0. The summed E-state index contributed by atoms with van der Waals surface area (Å²) in [5.74, 6) is -1.01. The van der Waals surface area contributed by atoms with Gasteiger partial charge in [-0.1, -0.05) is 244 Å². The number of ether oxygens (including phenoxy) is 3. The zero-order valence-corrected chi connectivity index (χ0v) is 44.0. The summed E-state index contributed by atoms with van der Waals surface area (Å²) in [6.45, 7) is 6.29. The first kappa shape index (κ1) is 64.3. The number of allylic oxidation sites excluding steroid dienone is 24. The highest BCUT2D eigenvalue weighted by Crippen LogP contribution is 2.13. The molecule has 1 atom stereocenters. The molecule has 0 bridgehead atoms. The van der Waals surface area contributed by atoms with Gasteiger partial charge in [0.25, 0.3) is 0 Å². The molecule has 1 unspecified atom stereocenters. The minimum absolute atomic E-state index is 0.118. The van der Waals surface area contributed by atoms with Crippen LogP contribution in [0.25, 0.3) is 0 Å². The van der Waals surface area contributed by atoms with E-state index in [0.29, 0.717) is 25.7 Å². The Kier molecular flexibility index (Phi) is 52.1. The number of rotatable bonds is 47. The molecule has 0 aliphatic rings. The standard InChI is InChI=1S/C63H98O6/c1-4-7-10-13-16-19-22-25-28-31-32-33-36-38-41-44-47-50-53-56-62(65)68-59-60(69-63(66)57-54-51-48-45-42-39-35-30-27-24-21-18-15-12-9-6-3)58-67-61(64)55-52-49-46-43-40-37-34-29-26-23-20-17-14-11-8-5-2/h7,9-10,12-13,16,18-19,21-22,25,27-34,36-38,40-41,60H,4-6,8,11,14-15,17,20,23-24,26,35,39,42-59H2,1-3H3/b10-7-,12-9-,16-13-,21-18-,22-19-,28-25-,30-27-,32-31+,34-29-,36-33-,40-37-,41-38-. The first-order valence-corrected chi connectivity index (χ1v) is 27.5. The summed E-state index contributed by atoms with van der Waals surface area (Å²) in [4.78, 5) is 38.1. The molecule has 69 heavy (non-hydrogen) atoms. The van der Waals surface area contributed by atoms with Crippen molar-refractivity contribution < 1.29 is 28.6 Å². The zero-order chi connectivity index (χ0) is 50.0. The highest BCUT2D eigenvalue weighted by molar-refractivity contribution is 5.71. The van der Waals surface area contributed by atoms with Gasteiger partial charge in [0.05, 0.1) is 0 Å². The second kappa shape index (κ2) is 55.9. The smallest absolute Gasteiger partial charge is 0.306 e. The summed E-state index contributed by atoms with van der Waals surface area (Å²) in [6, 6.07) is 0. The van der Waals surface area contributed by atoms with E-state index in [-0.39, 0.29) is 31.1 Å². The van der Waals surface area contributed by atoms with E-state index in [0.717, 1.165) is 109 Å². The molecular weight excluding hydrogens is 853 g/mol. The molecule has 0 aromatic rings. The van der Waals surface area contributed by atoms with Crippen molar-refractivity contribution in [2.75, 3.05) is 13.2 Å². The molecule has 0 aliphatic heterocycles. The number of carbonyl (C=O) groups is 3. The minimum Gasteiger partial charge on any atom is -0.462 e. The summed E-state index contributed by atoms with van der Waals surface area (Å²) < 4.78 is 16.8. The van der Waals surface area contributed by atoms with Crippen LogP contribution in [0.1, 0.15) is 213 Å². The van der Waals surface area contributed by atoms with Crippen LogP contribution in [0.15, 0.2) is 146 Å². The number of esters is 3. The highest BCUT2D eigenvalue weighted by atomic mass is 16.6. The van der Waals surface area contributed by atoms with Gasteiger partial charge in [-0.05, 0) is 96.3 Å². The van der Waals surface area contributed by atoms with E-state index in [1.54, 1.807) is 0 Å². The van der Waals surface area contributed by atoms with E-state index in [2.05, 4.69) is 93.7 Å². The lowest BCUT2D eigenvalue weighted by Crippen LogP contribution is -2.30. The van der Waals surface area contributed by atoms with E-state index >= 15 is 0 Å². The van der Waals surface area contributed by atoms with E-state index < -0.39 is 6.10 Å². The number of unbranched alkanes of at least 4 members (excludes halogenated alkanes) is 19. The average molecular weight is 951 g/mol. The minimum atomic E-state index is -0.822. The average Bonchev–Trinajstić information content (AvgIpc) is 3.35. The van der Waals surface area contributed by atoms with Crippen molar-refractivity contribution >= 4 is 17.9 Å². The van der Waals surface area contributed by atoms with Gasteiger partial charge in [-0.25, -0.2) is 0 Å². The number of hydrogen-bond donors (Lipinski definition) is 0. The van der Waals surface area contributed by atoms with Gasteiger partial charge in [-0.15, -0.1) is 0 Å². The molecule has 6 heteroatoms. The largest absolute Gasteiger partial charge is 0.462 e. The lowest BCUT2D eigenvalue weighted by molar-refractivity contribution is -0.167. The van der Waals surface area contributed by atoms with Crippen LogP contribution in [0.2, 0.25) is 0 Å². The third-order valence-electron chi connectivity index (χ3n) is 11.0. The molecular formula is C63H98O6. The SMILES string of the molecule is CC\C=C/C=C\C=C/C=C\C=C\C=C/C=C\CCCCCC(=O)OCC(COC(=O)CCCCC/C=C\C=C/CCCCCCCCC)OC(=O)CCCCCCCC/C=C\C/C=C\C/C=C\CC. The molecule has 0 saturated heterocycles. The van der Waals surface area contributed by atoms with E-state index in [9.17, 15) is 14.4 Å². The Bertz CT molecular complexity index is 1560. The normalized spacial score (nSPS) is 13.3. The van der Waals surface area contributed by atoms with Gasteiger partial charge in [-0.2, -0.15) is 0 Å². The molecule has 0 rings (SSSR count). The second-order valence-corrected chi connectivity index (χ2v) is 17.6. The molecule has 386 valence electrons. The highest BCUT2D eigenvalue weighted by Gasteiger charge is 2.19. The Balaban J connectivity index is 4.59. The fourth-order valence-corrected chi connectivity index (χ4v) is 6.96. The topological polar surface area (TPSA) is 78.9 Å². The lowest BCUT2D eigenvalue weighted by Gasteiger charge is -2.18. The van der Waals surface area contributed by atoms with Crippen LogP contribution in [-0.4, -0.2) is 37.2 Å². The Morgan fingerprint density at radius 2 is 0.638 bits per heavy atom. The molecule has 0 N–H and O–H groups in total. The van der Waals surface area contributed by atoms with Gasteiger partial charge in [0.2, 0.25) is 0 Å². The molecule has 0 spiro atoms. The predicted octanol–water partition coefficient (Wildman–Crippen LogP) is 18.4. The molecule has 6 nitrogen and oxygen atoms in total. The van der Waals surface area contributed by atoms with Crippen LogP contribution < -0.4 is 0 Å². The molecule has 0 radical (unpaired) electrons. The number of carbonyl (C=O) groups excluding carboxylic acids is 3. The third kappa shape index (κ3) is 54.1. The molecule has 0 aromatic carbocycles. The lowest BCUT2D eigenvalue weighted by atomic mass is 10.1. The van der Waals surface area contributed by atoms with Gasteiger partial charge in [0.1, 0.15) is 13.2 Å². The second-order valence-electron chi connectivity index (χ2n) is 17.6. The van der Waals surface area contributed by atoms with E-state index in [1.165, 1.54) is 57.8 Å². The third-order valence-corrected chi connectivity index (χ3v) is 11.0. The molecule has 0 fully saturated rings. The molecule has 0 heterocycles. The van der Waals surface area contributed by atoms with Gasteiger partial charge in [0, 0.05) is 19.3 Å². The van der Waals surface area contributed by atoms with Gasteiger partial charge in [-0.3, -0.25) is 14.4 Å². The van der Waals surface area contributed by atoms with Crippen LogP contribution in [0.5, 0.6) is 0 Å². The predicted molar refractivity (Wildman–Crippen MR) is 297 cm³/mol. The maximum absolute atomic E-state index is 12.8. The van der Waals surface area contributed by atoms with E-state index in [4.69, 9.17) is 14.2 Å². The molecule has 0 aliphatic carbocycles. The maximum Gasteiger partial charge on any atom is 0.306 e. The Morgan fingerprint density at radius 3 is 1.09 bits per heavy atom. The first-order chi connectivity index (χ1) is 34.0. The van der Waals surface area contributed by atoms with Crippen LogP contribution in [0, 0.1) is 0 Å². The number of hydrogen-bond acceptors (Lipinski definition) is 6. The quantitative estimate of drug-likeness (QED) is 0.0199. The van der Waals surface area contributed by atoms with Crippen molar-refractivity contribution in [1.29, 1.82) is 0 Å². The van der Waals surface area contributed by atoms with Crippen LogP contribution in [0.4, 0.5) is 0 Å². The molecule has 0 amide bonds. The Labute approximate surface area is 423 Å². The molecule has 0 aromatic heterocycles. The fraction of sp³-hybridized carbons (Fsp3) is 0.571. The van der Waals surface area contributed by atoms with Crippen molar-refractivity contribution in [3.05, 3.63) is 146 Å². The van der Waals surface area contributed by atoms with Crippen molar-refractivity contribution in [3.8, 4) is 0 Å². The van der Waals surface area contributed by atoms with Gasteiger partial charge >= 0.3 is 17.9 Å². The monoisotopic (exact) mass is 951 g/mol. The van der Waals surface area contributed by atoms with Crippen LogP contribution >= 0.6 is 0 Å². The summed E-state index contributed by atoms with van der Waals surface area (Å²) in [5.41, 5.74) is 0. The van der Waals surface area contributed by atoms with Crippen molar-refractivity contribution in [1.82, 2.24) is 0 Å². The van der Waals surface area contributed by atoms with Crippen molar-refractivity contribution in [2.45, 2.75) is 219 Å². The molecule has 0 saturated carbocycles. The maximum atomic E-state index is 12.8. The van der Waals surface area contributed by atoms with E-state index in [1.807, 2.05) is 72.9 Å². The van der Waals surface area contributed by atoms with Gasteiger partial charge < -0.3 is 14.2 Å². The first-order valence-electron chi connectivity index (χ1n) is 27.5. The van der Waals surface area contributed by atoms with Crippen molar-refractivity contribution in [3.63, 3.8) is 0 Å². The Morgan fingerprint density at radius 1 is 0.319 bits per heavy atom. The Hall–Kier alpha value is -4.71. The summed E-state index contributed by atoms with van der Waals surface area (Å²) in [6.07, 6.45) is 79.7. The fourth-order valence-electron chi connectivity index (χ4n) is 6.96. The summed E-state index contributed by atoms with van der Waals surface area (Å²) in [5, 5.41) is 0. The van der Waals surface area contributed by atoms with Crippen molar-refractivity contribution in [2.24, 2.45) is 0 Å².